The van der Waals surface area contributed by atoms with Crippen molar-refractivity contribution in [3.63, 3.8) is 0 Å². The number of hydrogen-bond acceptors (Lipinski definition) is 4. The highest BCUT2D eigenvalue weighted by Crippen LogP contribution is 2.24. The zero-order chi connectivity index (χ0) is 18.9. The van der Waals surface area contributed by atoms with Crippen LogP contribution in [0.1, 0.15) is 21.5 Å². The summed E-state index contributed by atoms with van der Waals surface area (Å²) in [6.45, 7) is 4.90. The highest BCUT2D eigenvalue weighted by Gasteiger charge is 2.14. The second kappa shape index (κ2) is 9.99. The molecule has 0 aliphatic carbocycles. The van der Waals surface area contributed by atoms with Gasteiger partial charge in [0.05, 0.1) is 17.9 Å². The minimum absolute atomic E-state index is 0.0863. The Hall–Kier alpha value is -2.31. The molecule has 0 saturated heterocycles. The van der Waals surface area contributed by atoms with Gasteiger partial charge in [-0.2, -0.15) is 0 Å². The van der Waals surface area contributed by atoms with Gasteiger partial charge >= 0.3 is 0 Å². The normalized spacial score (nSPS) is 10.4. The first kappa shape index (κ1) is 20.0. The molecule has 0 unspecified atom stereocenters. The molecule has 0 aromatic heterocycles. The van der Waals surface area contributed by atoms with Crippen LogP contribution in [0.2, 0.25) is 0 Å². The maximum absolute atomic E-state index is 12.7. The number of thioether (sulfide) groups is 1. The van der Waals surface area contributed by atoms with Gasteiger partial charge in [-0.3, -0.25) is 9.59 Å². The Morgan fingerprint density at radius 1 is 1.12 bits per heavy atom. The maximum Gasteiger partial charge on any atom is 0.256 e. The number of carbonyl (C=O) groups excluding carboxylic acids is 2. The number of carbonyl (C=O) groups is 2. The van der Waals surface area contributed by atoms with Gasteiger partial charge in [0.15, 0.2) is 0 Å². The summed E-state index contributed by atoms with van der Waals surface area (Å²) in [7, 11) is 1.59. The number of methoxy groups -OCH3 is 1. The number of rotatable bonds is 8. The van der Waals surface area contributed by atoms with E-state index in [0.717, 1.165) is 21.7 Å². The molecule has 2 N–H and O–H groups in total. The van der Waals surface area contributed by atoms with Crippen molar-refractivity contribution < 1.29 is 14.3 Å². The van der Waals surface area contributed by atoms with E-state index in [4.69, 9.17) is 4.74 Å². The first-order valence-electron chi connectivity index (χ1n) is 8.37. The predicted octanol–water partition coefficient (Wildman–Crippen LogP) is 3.41. The molecule has 0 radical (unpaired) electrons. The summed E-state index contributed by atoms with van der Waals surface area (Å²) < 4.78 is 4.91. The third-order valence-corrected chi connectivity index (χ3v) is 4.83. The van der Waals surface area contributed by atoms with E-state index < -0.39 is 0 Å². The van der Waals surface area contributed by atoms with Crippen LogP contribution in [0.5, 0.6) is 0 Å². The van der Waals surface area contributed by atoms with Crippen molar-refractivity contribution in [3.8, 4) is 0 Å². The molecule has 2 rings (SSSR count). The van der Waals surface area contributed by atoms with Crippen LogP contribution in [0.3, 0.4) is 0 Å². The van der Waals surface area contributed by atoms with Gasteiger partial charge in [0.1, 0.15) is 0 Å². The van der Waals surface area contributed by atoms with Crippen molar-refractivity contribution in [2.24, 2.45) is 0 Å². The van der Waals surface area contributed by atoms with Gasteiger partial charge in [-0.15, -0.1) is 11.8 Å². The molecule has 0 aliphatic rings. The SMILES string of the molecule is COCCNC(=O)CSc1ccccc1C(=O)Nc1cc(C)ccc1C. The highest BCUT2D eigenvalue weighted by molar-refractivity contribution is 8.00. The van der Waals surface area contributed by atoms with E-state index in [1.807, 2.05) is 50.2 Å². The summed E-state index contributed by atoms with van der Waals surface area (Å²) in [5.41, 5.74) is 3.45. The van der Waals surface area contributed by atoms with Gasteiger partial charge in [0.25, 0.3) is 5.91 Å². The maximum atomic E-state index is 12.7. The molecule has 0 atom stereocenters. The van der Waals surface area contributed by atoms with Gasteiger partial charge in [-0.1, -0.05) is 24.3 Å². The fourth-order valence-corrected chi connectivity index (χ4v) is 3.21. The lowest BCUT2D eigenvalue weighted by Crippen LogP contribution is -2.28. The summed E-state index contributed by atoms with van der Waals surface area (Å²) in [6.07, 6.45) is 0. The average Bonchev–Trinajstić information content (AvgIpc) is 2.63. The molecule has 0 saturated carbocycles. The van der Waals surface area contributed by atoms with E-state index in [-0.39, 0.29) is 17.6 Å². The number of amides is 2. The molecule has 0 bridgehead atoms. The van der Waals surface area contributed by atoms with Crippen LogP contribution in [0.4, 0.5) is 5.69 Å². The van der Waals surface area contributed by atoms with Crippen molar-refractivity contribution in [1.82, 2.24) is 5.32 Å². The molecule has 0 aliphatic heterocycles. The molecular weight excluding hydrogens is 348 g/mol. The smallest absolute Gasteiger partial charge is 0.256 e. The summed E-state index contributed by atoms with van der Waals surface area (Å²) in [4.78, 5) is 25.3. The predicted molar refractivity (Wildman–Crippen MR) is 106 cm³/mol. The van der Waals surface area contributed by atoms with E-state index in [0.29, 0.717) is 18.7 Å². The van der Waals surface area contributed by atoms with E-state index >= 15 is 0 Å². The lowest BCUT2D eigenvalue weighted by atomic mass is 10.1. The minimum Gasteiger partial charge on any atom is -0.383 e. The van der Waals surface area contributed by atoms with E-state index in [2.05, 4.69) is 10.6 Å². The van der Waals surface area contributed by atoms with Crippen LogP contribution in [0.25, 0.3) is 0 Å². The lowest BCUT2D eigenvalue weighted by Gasteiger charge is -2.12. The molecule has 5 nitrogen and oxygen atoms in total. The van der Waals surface area contributed by atoms with Gasteiger partial charge in [0, 0.05) is 24.2 Å². The number of hydrogen-bond donors (Lipinski definition) is 2. The van der Waals surface area contributed by atoms with Crippen LogP contribution < -0.4 is 10.6 Å². The first-order valence-corrected chi connectivity index (χ1v) is 9.36. The van der Waals surface area contributed by atoms with Crippen LogP contribution in [0, 0.1) is 13.8 Å². The van der Waals surface area contributed by atoms with Crippen LogP contribution in [0.15, 0.2) is 47.4 Å². The summed E-state index contributed by atoms with van der Waals surface area (Å²) in [5.74, 6) is -0.0179. The number of benzene rings is 2. The summed E-state index contributed by atoms with van der Waals surface area (Å²) >= 11 is 1.35. The number of ether oxygens (including phenoxy) is 1. The third kappa shape index (κ3) is 5.89. The third-order valence-electron chi connectivity index (χ3n) is 3.76. The van der Waals surface area contributed by atoms with Crippen molar-refractivity contribution >= 4 is 29.3 Å². The summed E-state index contributed by atoms with van der Waals surface area (Å²) in [5, 5.41) is 5.74. The van der Waals surface area contributed by atoms with Crippen molar-refractivity contribution in [2.45, 2.75) is 18.7 Å². The van der Waals surface area contributed by atoms with Crippen molar-refractivity contribution in [2.75, 3.05) is 31.3 Å². The van der Waals surface area contributed by atoms with Crippen LogP contribution >= 0.6 is 11.8 Å². The molecule has 0 fully saturated rings. The molecule has 6 heteroatoms. The number of nitrogens with one attached hydrogen (secondary N) is 2. The zero-order valence-corrected chi connectivity index (χ0v) is 16.1. The standard InChI is InChI=1S/C20H24N2O3S/c1-14-8-9-15(2)17(12-14)22-20(24)16-6-4-5-7-18(16)26-13-19(23)21-10-11-25-3/h4-9,12H,10-11,13H2,1-3H3,(H,21,23)(H,22,24). The molecule has 2 aromatic carbocycles. The molecule has 2 aromatic rings. The largest absolute Gasteiger partial charge is 0.383 e. The fraction of sp³-hybridized carbons (Fsp3) is 0.300. The minimum atomic E-state index is -0.179. The Morgan fingerprint density at radius 2 is 1.88 bits per heavy atom. The molecule has 0 spiro atoms. The first-order chi connectivity index (χ1) is 12.5. The topological polar surface area (TPSA) is 67.4 Å². The Kier molecular flexibility index (Phi) is 7.69. The van der Waals surface area contributed by atoms with E-state index in [1.54, 1.807) is 13.2 Å². The fourth-order valence-electron chi connectivity index (χ4n) is 2.33. The second-order valence-electron chi connectivity index (χ2n) is 5.90. The monoisotopic (exact) mass is 372 g/mol. The van der Waals surface area contributed by atoms with Crippen LogP contribution in [-0.4, -0.2) is 37.8 Å². The molecule has 0 heterocycles. The van der Waals surface area contributed by atoms with Gasteiger partial charge in [-0.05, 0) is 43.2 Å². The molecule has 26 heavy (non-hydrogen) atoms. The van der Waals surface area contributed by atoms with Crippen molar-refractivity contribution in [3.05, 3.63) is 59.2 Å². The Labute approximate surface area is 158 Å². The molecule has 138 valence electrons. The van der Waals surface area contributed by atoms with Crippen LogP contribution in [-0.2, 0) is 9.53 Å². The highest BCUT2D eigenvalue weighted by atomic mass is 32.2. The molecule has 2 amide bonds. The van der Waals surface area contributed by atoms with Gasteiger partial charge in [-0.25, -0.2) is 0 Å². The van der Waals surface area contributed by atoms with Gasteiger partial charge < -0.3 is 15.4 Å². The average molecular weight is 372 g/mol. The van der Waals surface area contributed by atoms with Gasteiger partial charge in [0.2, 0.25) is 5.91 Å². The Bertz CT molecular complexity index is 777. The van der Waals surface area contributed by atoms with Crippen molar-refractivity contribution in [1.29, 1.82) is 0 Å². The lowest BCUT2D eigenvalue weighted by molar-refractivity contribution is -0.118. The number of aryl methyl sites for hydroxylation is 2. The van der Waals surface area contributed by atoms with E-state index in [1.165, 1.54) is 11.8 Å². The summed E-state index contributed by atoms with van der Waals surface area (Å²) in [6, 6.07) is 13.2. The molecular formula is C20H24N2O3S. The number of anilines is 1. The quantitative estimate of drug-likeness (QED) is 0.550. The second-order valence-corrected chi connectivity index (χ2v) is 6.92. The zero-order valence-electron chi connectivity index (χ0n) is 15.3. The Morgan fingerprint density at radius 3 is 2.65 bits per heavy atom. The van der Waals surface area contributed by atoms with E-state index in [9.17, 15) is 9.59 Å². The Balaban J connectivity index is 2.04.